The van der Waals surface area contributed by atoms with E-state index in [4.69, 9.17) is 11.6 Å². The molecule has 2 aromatic carbocycles. The molecule has 3 heteroatoms. The van der Waals surface area contributed by atoms with Crippen molar-refractivity contribution >= 4 is 28.3 Å². The molecule has 94 valence electrons. The van der Waals surface area contributed by atoms with Crippen LogP contribution in [0.25, 0.3) is 10.9 Å². The minimum atomic E-state index is 0.0200. The van der Waals surface area contributed by atoms with Crippen LogP contribution >= 0.6 is 11.6 Å². The lowest BCUT2D eigenvalue weighted by Crippen LogP contribution is -2.02. The second-order valence-corrected chi connectivity index (χ2v) is 4.92. The molecule has 0 spiro atoms. The Morgan fingerprint density at radius 3 is 2.63 bits per heavy atom. The topological polar surface area (TPSA) is 32.9 Å². The standard InChI is InChI=1S/C16H12ClNO/c1-10-5-2-3-6-11(10)16(19)13-9-18-15-12(13)7-4-8-14(15)17/h2-9,18H,1H3. The number of H-pyrrole nitrogens is 1. The van der Waals surface area contributed by atoms with E-state index < -0.39 is 0 Å². The van der Waals surface area contributed by atoms with Gasteiger partial charge in [0.05, 0.1) is 10.5 Å². The zero-order valence-corrected chi connectivity index (χ0v) is 11.2. The van der Waals surface area contributed by atoms with Crippen LogP contribution in [0.5, 0.6) is 0 Å². The van der Waals surface area contributed by atoms with Crippen LogP contribution in [0.4, 0.5) is 0 Å². The highest BCUT2D eigenvalue weighted by Gasteiger charge is 2.16. The van der Waals surface area contributed by atoms with Crippen LogP contribution in [0.15, 0.2) is 48.7 Å². The van der Waals surface area contributed by atoms with Crippen LogP contribution in [-0.4, -0.2) is 10.8 Å². The Bertz CT molecular complexity index is 773. The fourth-order valence-electron chi connectivity index (χ4n) is 2.28. The number of aryl methyl sites for hydroxylation is 1. The summed E-state index contributed by atoms with van der Waals surface area (Å²) in [6.45, 7) is 1.94. The van der Waals surface area contributed by atoms with Crippen LogP contribution in [0, 0.1) is 6.92 Å². The van der Waals surface area contributed by atoms with Gasteiger partial charge in [-0.2, -0.15) is 0 Å². The van der Waals surface area contributed by atoms with Gasteiger partial charge >= 0.3 is 0 Å². The summed E-state index contributed by atoms with van der Waals surface area (Å²) in [5.74, 6) is 0.0200. The van der Waals surface area contributed by atoms with Crippen molar-refractivity contribution in [2.24, 2.45) is 0 Å². The molecular formula is C16H12ClNO. The summed E-state index contributed by atoms with van der Waals surface area (Å²) >= 11 is 6.11. The zero-order chi connectivity index (χ0) is 13.4. The molecule has 0 aliphatic carbocycles. The second-order valence-electron chi connectivity index (χ2n) is 4.51. The van der Waals surface area contributed by atoms with Gasteiger partial charge < -0.3 is 4.98 Å². The van der Waals surface area contributed by atoms with E-state index in [-0.39, 0.29) is 5.78 Å². The molecule has 1 aromatic heterocycles. The monoisotopic (exact) mass is 269 g/mol. The molecule has 3 rings (SSSR count). The van der Waals surface area contributed by atoms with Crippen molar-refractivity contribution in [3.05, 3.63) is 70.4 Å². The molecule has 0 saturated carbocycles. The highest BCUT2D eigenvalue weighted by molar-refractivity contribution is 6.35. The third-order valence-electron chi connectivity index (χ3n) is 3.30. The first-order chi connectivity index (χ1) is 9.18. The van der Waals surface area contributed by atoms with Crippen LogP contribution in [0.2, 0.25) is 5.02 Å². The van der Waals surface area contributed by atoms with Gasteiger partial charge in [-0.1, -0.05) is 48.0 Å². The molecule has 0 saturated heterocycles. The van der Waals surface area contributed by atoms with E-state index in [9.17, 15) is 4.79 Å². The normalized spacial score (nSPS) is 10.8. The largest absolute Gasteiger partial charge is 0.359 e. The molecule has 19 heavy (non-hydrogen) atoms. The van der Waals surface area contributed by atoms with Gasteiger partial charge in [-0.3, -0.25) is 4.79 Å². The number of aromatic nitrogens is 1. The number of benzene rings is 2. The number of halogens is 1. The molecule has 0 unspecified atom stereocenters. The summed E-state index contributed by atoms with van der Waals surface area (Å²) in [6.07, 6.45) is 1.73. The van der Waals surface area contributed by atoms with Gasteiger partial charge in [-0.25, -0.2) is 0 Å². The molecule has 0 aliphatic rings. The number of rotatable bonds is 2. The molecule has 0 bridgehead atoms. The van der Waals surface area contributed by atoms with Crippen molar-refractivity contribution in [3.8, 4) is 0 Å². The van der Waals surface area contributed by atoms with Crippen LogP contribution in [0.1, 0.15) is 21.5 Å². The van der Waals surface area contributed by atoms with Crippen molar-refractivity contribution in [1.29, 1.82) is 0 Å². The van der Waals surface area contributed by atoms with E-state index in [1.807, 2.05) is 49.4 Å². The average molecular weight is 270 g/mol. The number of aromatic amines is 1. The molecule has 2 nitrogen and oxygen atoms in total. The maximum absolute atomic E-state index is 12.6. The fraction of sp³-hybridized carbons (Fsp3) is 0.0625. The first kappa shape index (κ1) is 12.0. The fourth-order valence-corrected chi connectivity index (χ4v) is 2.51. The molecule has 1 heterocycles. The van der Waals surface area contributed by atoms with E-state index in [0.29, 0.717) is 10.6 Å². The SMILES string of the molecule is Cc1ccccc1C(=O)c1c[nH]c2c(Cl)cccc12. The van der Waals surface area contributed by atoms with Crippen molar-refractivity contribution < 1.29 is 4.79 Å². The smallest absolute Gasteiger partial charge is 0.195 e. The highest BCUT2D eigenvalue weighted by atomic mass is 35.5. The molecule has 0 atom stereocenters. The van der Waals surface area contributed by atoms with Gasteiger partial charge in [-0.15, -0.1) is 0 Å². The second kappa shape index (κ2) is 4.56. The van der Waals surface area contributed by atoms with Gasteiger partial charge in [-0.05, 0) is 18.6 Å². The number of nitrogens with one attached hydrogen (secondary N) is 1. The number of para-hydroxylation sites is 1. The third kappa shape index (κ3) is 1.94. The van der Waals surface area contributed by atoms with Gasteiger partial charge in [0.1, 0.15) is 0 Å². The predicted octanol–water partition coefficient (Wildman–Crippen LogP) is 4.36. The number of fused-ring (bicyclic) bond motifs is 1. The molecule has 3 aromatic rings. The molecule has 0 fully saturated rings. The zero-order valence-electron chi connectivity index (χ0n) is 10.4. The van der Waals surface area contributed by atoms with Crippen molar-refractivity contribution in [2.75, 3.05) is 0 Å². The Balaban J connectivity index is 2.18. The van der Waals surface area contributed by atoms with E-state index in [0.717, 1.165) is 22.0 Å². The summed E-state index contributed by atoms with van der Waals surface area (Å²) in [5, 5.41) is 1.49. The van der Waals surface area contributed by atoms with Crippen LogP contribution in [-0.2, 0) is 0 Å². The summed E-state index contributed by atoms with van der Waals surface area (Å²) in [7, 11) is 0. The van der Waals surface area contributed by atoms with E-state index >= 15 is 0 Å². The third-order valence-corrected chi connectivity index (χ3v) is 3.61. The Morgan fingerprint density at radius 1 is 1.05 bits per heavy atom. The molecule has 0 radical (unpaired) electrons. The summed E-state index contributed by atoms with van der Waals surface area (Å²) < 4.78 is 0. The van der Waals surface area contributed by atoms with Crippen molar-refractivity contribution in [1.82, 2.24) is 4.98 Å². The lowest BCUT2D eigenvalue weighted by molar-refractivity contribution is 0.104. The number of carbonyl (C=O) groups is 1. The summed E-state index contributed by atoms with van der Waals surface area (Å²) in [6, 6.07) is 13.2. The molecule has 0 amide bonds. The maximum atomic E-state index is 12.6. The van der Waals surface area contributed by atoms with E-state index in [1.165, 1.54) is 0 Å². The quantitative estimate of drug-likeness (QED) is 0.689. The molecular weight excluding hydrogens is 258 g/mol. The van der Waals surface area contributed by atoms with Gasteiger partial charge in [0.15, 0.2) is 5.78 Å². The Kier molecular flexibility index (Phi) is 2.88. The number of hydrogen-bond donors (Lipinski definition) is 1. The highest BCUT2D eigenvalue weighted by Crippen LogP contribution is 2.27. The van der Waals surface area contributed by atoms with Gasteiger partial charge in [0.25, 0.3) is 0 Å². The minimum absolute atomic E-state index is 0.0200. The lowest BCUT2D eigenvalue weighted by Gasteiger charge is -2.03. The first-order valence-electron chi connectivity index (χ1n) is 6.04. The van der Waals surface area contributed by atoms with E-state index in [1.54, 1.807) is 6.20 Å². The Hall–Kier alpha value is -2.06. The molecule has 1 N–H and O–H groups in total. The van der Waals surface area contributed by atoms with Gasteiger partial charge in [0.2, 0.25) is 0 Å². The predicted molar refractivity (Wildman–Crippen MR) is 77.9 cm³/mol. The van der Waals surface area contributed by atoms with Gasteiger partial charge in [0, 0.05) is 22.7 Å². The first-order valence-corrected chi connectivity index (χ1v) is 6.42. The summed E-state index contributed by atoms with van der Waals surface area (Å²) in [4.78, 5) is 15.7. The molecule has 0 aliphatic heterocycles. The van der Waals surface area contributed by atoms with Crippen molar-refractivity contribution in [2.45, 2.75) is 6.92 Å². The van der Waals surface area contributed by atoms with Crippen LogP contribution in [0.3, 0.4) is 0 Å². The summed E-state index contributed by atoms with van der Waals surface area (Å²) in [5.41, 5.74) is 3.17. The maximum Gasteiger partial charge on any atom is 0.195 e. The van der Waals surface area contributed by atoms with E-state index in [2.05, 4.69) is 4.98 Å². The number of carbonyl (C=O) groups excluding carboxylic acids is 1. The lowest BCUT2D eigenvalue weighted by atomic mass is 9.99. The minimum Gasteiger partial charge on any atom is -0.359 e. The Morgan fingerprint density at radius 2 is 1.84 bits per heavy atom. The van der Waals surface area contributed by atoms with Crippen molar-refractivity contribution in [3.63, 3.8) is 0 Å². The number of hydrogen-bond acceptors (Lipinski definition) is 1. The Labute approximate surface area is 116 Å². The average Bonchev–Trinajstić information content (AvgIpc) is 2.84. The van der Waals surface area contributed by atoms with Crippen LogP contribution < -0.4 is 0 Å². The number of ketones is 1.